The van der Waals surface area contributed by atoms with Gasteiger partial charge in [-0.2, -0.15) is 5.10 Å². The number of carboxylic acids is 1. The average Bonchev–Trinajstić information content (AvgIpc) is 2.99. The number of carbonyl (C=O) groups excluding carboxylic acids is 1. The molecule has 0 bridgehead atoms. The third kappa shape index (κ3) is 3.00. The van der Waals surface area contributed by atoms with Crippen LogP contribution in [0.2, 0.25) is 5.02 Å². The van der Waals surface area contributed by atoms with Gasteiger partial charge >= 0.3 is 5.97 Å². The van der Waals surface area contributed by atoms with Gasteiger partial charge in [0.2, 0.25) is 0 Å². The van der Waals surface area contributed by atoms with Crippen LogP contribution >= 0.6 is 11.6 Å². The van der Waals surface area contributed by atoms with Crippen LogP contribution in [0.25, 0.3) is 11.1 Å². The number of rotatable bonds is 4. The summed E-state index contributed by atoms with van der Waals surface area (Å²) in [5, 5.41) is 18.6. The Morgan fingerprint density at radius 3 is 2.38 bits per heavy atom. The Morgan fingerprint density at radius 2 is 1.71 bits per heavy atom. The highest BCUT2D eigenvalue weighted by atomic mass is 35.5. The van der Waals surface area contributed by atoms with Crippen LogP contribution in [0.15, 0.2) is 54.6 Å². The number of amides is 1. The van der Waals surface area contributed by atoms with Gasteiger partial charge in [-0.15, -0.1) is 0 Å². The van der Waals surface area contributed by atoms with Crippen molar-refractivity contribution in [2.24, 2.45) is 0 Å². The number of aromatic nitrogens is 2. The van der Waals surface area contributed by atoms with Crippen molar-refractivity contribution in [2.75, 3.05) is 5.32 Å². The van der Waals surface area contributed by atoms with Gasteiger partial charge in [-0.25, -0.2) is 4.79 Å². The molecule has 0 atom stereocenters. The Hall–Kier alpha value is -3.12. The van der Waals surface area contributed by atoms with Crippen LogP contribution in [0.5, 0.6) is 0 Å². The van der Waals surface area contributed by atoms with Gasteiger partial charge in [-0.3, -0.25) is 9.89 Å². The summed E-state index contributed by atoms with van der Waals surface area (Å²) in [6, 6.07) is 15.4. The molecule has 0 saturated heterocycles. The van der Waals surface area contributed by atoms with E-state index in [1.54, 1.807) is 48.5 Å². The highest BCUT2D eigenvalue weighted by Crippen LogP contribution is 2.30. The first-order valence-corrected chi connectivity index (χ1v) is 7.38. The Balaban J connectivity index is 2.02. The van der Waals surface area contributed by atoms with Crippen LogP contribution < -0.4 is 5.32 Å². The van der Waals surface area contributed by atoms with Crippen molar-refractivity contribution in [2.45, 2.75) is 0 Å². The van der Waals surface area contributed by atoms with Crippen molar-refractivity contribution in [1.82, 2.24) is 10.2 Å². The predicted molar refractivity (Wildman–Crippen MR) is 90.4 cm³/mol. The number of aromatic amines is 1. The van der Waals surface area contributed by atoms with Crippen molar-refractivity contribution < 1.29 is 14.7 Å². The van der Waals surface area contributed by atoms with Gasteiger partial charge in [-0.05, 0) is 17.7 Å². The molecule has 120 valence electrons. The molecule has 2 aromatic carbocycles. The Kier molecular flexibility index (Phi) is 4.31. The number of anilines is 1. The summed E-state index contributed by atoms with van der Waals surface area (Å²) in [6.45, 7) is 0. The third-order valence-electron chi connectivity index (χ3n) is 3.39. The van der Waals surface area contributed by atoms with Crippen molar-refractivity contribution in [3.8, 4) is 11.1 Å². The number of nitrogens with one attached hydrogen (secondary N) is 2. The molecule has 24 heavy (non-hydrogen) atoms. The number of nitrogens with zero attached hydrogens (tertiary/aromatic N) is 1. The van der Waals surface area contributed by atoms with Gasteiger partial charge in [0.1, 0.15) is 0 Å². The van der Waals surface area contributed by atoms with Crippen molar-refractivity contribution in [3.05, 3.63) is 70.9 Å². The molecule has 0 aliphatic carbocycles. The minimum atomic E-state index is -1.17. The number of benzene rings is 2. The number of H-pyrrole nitrogens is 1. The summed E-state index contributed by atoms with van der Waals surface area (Å²) in [6.07, 6.45) is 0. The second-order valence-electron chi connectivity index (χ2n) is 4.93. The lowest BCUT2D eigenvalue weighted by atomic mass is 10.1. The first-order valence-electron chi connectivity index (χ1n) is 7.01. The van der Waals surface area contributed by atoms with Crippen LogP contribution in [0.4, 0.5) is 5.82 Å². The largest absolute Gasteiger partial charge is 0.477 e. The van der Waals surface area contributed by atoms with Gasteiger partial charge in [0.25, 0.3) is 5.91 Å². The summed E-state index contributed by atoms with van der Waals surface area (Å²) in [4.78, 5) is 23.8. The Morgan fingerprint density at radius 1 is 1.04 bits per heavy atom. The van der Waals surface area contributed by atoms with E-state index < -0.39 is 11.9 Å². The van der Waals surface area contributed by atoms with E-state index in [0.717, 1.165) is 0 Å². The minimum Gasteiger partial charge on any atom is -0.477 e. The van der Waals surface area contributed by atoms with Crippen molar-refractivity contribution in [3.63, 3.8) is 0 Å². The molecular formula is C17H12ClN3O3. The fourth-order valence-electron chi connectivity index (χ4n) is 2.29. The molecular weight excluding hydrogens is 330 g/mol. The SMILES string of the molecule is O=C(Nc1n[nH]c(C(=O)O)c1-c1ccccc1)c1ccccc1Cl. The molecule has 6 nitrogen and oxygen atoms in total. The average molecular weight is 342 g/mol. The number of aromatic carboxylic acids is 1. The fraction of sp³-hybridized carbons (Fsp3) is 0. The molecule has 3 aromatic rings. The number of carboxylic acid groups (broad SMARTS) is 1. The van der Waals surface area contributed by atoms with Gasteiger partial charge in [-0.1, -0.05) is 54.1 Å². The standard InChI is InChI=1S/C17H12ClN3O3/c18-12-9-5-4-8-11(12)16(22)19-15-13(10-6-2-1-3-7-10)14(17(23)24)20-21-15/h1-9H,(H,23,24)(H2,19,20,21,22). The van der Waals surface area contributed by atoms with E-state index in [0.29, 0.717) is 16.1 Å². The minimum absolute atomic E-state index is 0.101. The van der Waals surface area contributed by atoms with Crippen LogP contribution in [0, 0.1) is 0 Å². The summed E-state index contributed by atoms with van der Waals surface area (Å²) >= 11 is 6.01. The van der Waals surface area contributed by atoms with Gasteiger partial charge < -0.3 is 10.4 Å². The summed E-state index contributed by atoms with van der Waals surface area (Å²) in [5.41, 5.74) is 1.11. The second kappa shape index (κ2) is 6.55. The predicted octanol–water partition coefficient (Wildman–Crippen LogP) is 3.68. The Bertz CT molecular complexity index is 906. The smallest absolute Gasteiger partial charge is 0.354 e. The lowest BCUT2D eigenvalue weighted by Gasteiger charge is -2.07. The van der Waals surface area contributed by atoms with Gasteiger partial charge in [0.15, 0.2) is 11.5 Å². The highest BCUT2D eigenvalue weighted by molar-refractivity contribution is 6.34. The van der Waals surface area contributed by atoms with Crippen molar-refractivity contribution in [1.29, 1.82) is 0 Å². The molecule has 3 N–H and O–H groups in total. The fourth-order valence-corrected chi connectivity index (χ4v) is 2.51. The summed E-state index contributed by atoms with van der Waals surface area (Å²) in [5.74, 6) is -1.51. The van der Waals surface area contributed by atoms with Gasteiger partial charge in [0, 0.05) is 0 Å². The maximum atomic E-state index is 12.4. The van der Waals surface area contributed by atoms with E-state index in [-0.39, 0.29) is 17.1 Å². The first kappa shape index (κ1) is 15.8. The molecule has 1 aromatic heterocycles. The number of halogens is 1. The topological polar surface area (TPSA) is 95.1 Å². The van der Waals surface area contributed by atoms with Crippen molar-refractivity contribution >= 4 is 29.3 Å². The lowest BCUT2D eigenvalue weighted by Crippen LogP contribution is -2.13. The quantitative estimate of drug-likeness (QED) is 0.674. The van der Waals surface area contributed by atoms with Crippen LogP contribution in [-0.4, -0.2) is 27.2 Å². The molecule has 0 fully saturated rings. The van der Waals surface area contributed by atoms with Crippen LogP contribution in [0.3, 0.4) is 0 Å². The lowest BCUT2D eigenvalue weighted by molar-refractivity contribution is 0.0691. The molecule has 0 spiro atoms. The monoisotopic (exact) mass is 341 g/mol. The maximum Gasteiger partial charge on any atom is 0.354 e. The zero-order valence-corrected chi connectivity index (χ0v) is 13.0. The molecule has 1 heterocycles. The number of hydrogen-bond acceptors (Lipinski definition) is 3. The molecule has 0 aliphatic rings. The zero-order valence-electron chi connectivity index (χ0n) is 12.3. The molecule has 0 radical (unpaired) electrons. The normalized spacial score (nSPS) is 10.4. The molecule has 7 heteroatoms. The van der Waals surface area contributed by atoms with Gasteiger partial charge in [0.05, 0.1) is 16.1 Å². The van der Waals surface area contributed by atoms with E-state index in [1.807, 2.05) is 6.07 Å². The van der Waals surface area contributed by atoms with E-state index in [2.05, 4.69) is 15.5 Å². The Labute approximate surface area is 142 Å². The van der Waals surface area contributed by atoms with E-state index >= 15 is 0 Å². The van der Waals surface area contributed by atoms with E-state index in [1.165, 1.54) is 0 Å². The van der Waals surface area contributed by atoms with Crippen LogP contribution in [-0.2, 0) is 0 Å². The molecule has 0 aliphatic heterocycles. The summed E-state index contributed by atoms with van der Waals surface area (Å²) < 4.78 is 0. The molecule has 1 amide bonds. The maximum absolute atomic E-state index is 12.4. The molecule has 0 saturated carbocycles. The van der Waals surface area contributed by atoms with E-state index in [9.17, 15) is 14.7 Å². The summed E-state index contributed by atoms with van der Waals surface area (Å²) in [7, 11) is 0. The number of carbonyl (C=O) groups is 2. The molecule has 0 unspecified atom stereocenters. The zero-order chi connectivity index (χ0) is 17.1. The van der Waals surface area contributed by atoms with Crippen LogP contribution in [0.1, 0.15) is 20.8 Å². The third-order valence-corrected chi connectivity index (χ3v) is 3.72. The van der Waals surface area contributed by atoms with E-state index in [4.69, 9.17) is 11.6 Å². The first-order chi connectivity index (χ1) is 11.6. The second-order valence-corrected chi connectivity index (χ2v) is 5.33. The highest BCUT2D eigenvalue weighted by Gasteiger charge is 2.22. The number of hydrogen-bond donors (Lipinski definition) is 3. The molecule has 3 rings (SSSR count).